The van der Waals surface area contributed by atoms with Gasteiger partial charge in [0.25, 0.3) is 0 Å². The van der Waals surface area contributed by atoms with E-state index in [1.807, 2.05) is 62.4 Å². The second-order valence-corrected chi connectivity index (χ2v) is 6.95. The Morgan fingerprint density at radius 1 is 1.00 bits per heavy atom. The van der Waals surface area contributed by atoms with Gasteiger partial charge >= 0.3 is 5.76 Å². The zero-order chi connectivity index (χ0) is 19.3. The number of benzene rings is 2. The highest BCUT2D eigenvalue weighted by atomic mass is 16.4. The lowest BCUT2D eigenvalue weighted by molar-refractivity contribution is 0.517. The third kappa shape index (κ3) is 2.62. The highest BCUT2D eigenvalue weighted by Crippen LogP contribution is 2.21. The van der Waals surface area contributed by atoms with E-state index in [1.165, 1.54) is 0 Å². The Kier molecular flexibility index (Phi) is 3.65. The molecule has 6 heteroatoms. The number of hydrogen-bond acceptors (Lipinski definition) is 4. The lowest BCUT2D eigenvalue weighted by atomic mass is 10.2. The van der Waals surface area contributed by atoms with Gasteiger partial charge in [0, 0.05) is 11.9 Å². The third-order valence-electron chi connectivity index (χ3n) is 4.98. The lowest BCUT2D eigenvalue weighted by Crippen LogP contribution is -2.14. The molecule has 138 valence electrons. The third-order valence-corrected chi connectivity index (χ3v) is 4.98. The summed E-state index contributed by atoms with van der Waals surface area (Å²) in [6.07, 6.45) is 3.54. The Labute approximate surface area is 160 Å². The van der Waals surface area contributed by atoms with Gasteiger partial charge in [-0.3, -0.25) is 14.1 Å². The molecule has 5 aromatic rings. The van der Waals surface area contributed by atoms with Crippen LogP contribution in [0.1, 0.15) is 17.0 Å². The van der Waals surface area contributed by atoms with Crippen molar-refractivity contribution in [1.29, 1.82) is 0 Å². The first kappa shape index (κ1) is 16.5. The highest BCUT2D eigenvalue weighted by molar-refractivity contribution is 5.77. The van der Waals surface area contributed by atoms with E-state index in [9.17, 15) is 4.79 Å². The van der Waals surface area contributed by atoms with E-state index >= 15 is 0 Å². The quantitative estimate of drug-likeness (QED) is 0.482. The van der Waals surface area contributed by atoms with Crippen LogP contribution in [0.5, 0.6) is 0 Å². The Morgan fingerprint density at radius 2 is 1.82 bits per heavy atom. The van der Waals surface area contributed by atoms with Crippen molar-refractivity contribution in [2.45, 2.75) is 20.4 Å². The number of aromatic nitrogens is 4. The zero-order valence-electron chi connectivity index (χ0n) is 15.6. The molecule has 0 atom stereocenters. The van der Waals surface area contributed by atoms with Gasteiger partial charge in [-0.15, -0.1) is 0 Å². The summed E-state index contributed by atoms with van der Waals surface area (Å²) in [6.45, 7) is 4.42. The molecule has 0 radical (unpaired) electrons. The monoisotopic (exact) mass is 370 g/mol. The molecule has 0 unspecified atom stereocenters. The summed E-state index contributed by atoms with van der Waals surface area (Å²) in [5.74, 6) is 0.566. The molecule has 0 saturated carbocycles. The summed E-state index contributed by atoms with van der Waals surface area (Å²) in [4.78, 5) is 21.0. The van der Waals surface area contributed by atoms with Gasteiger partial charge in [0.1, 0.15) is 11.3 Å². The molecule has 0 bridgehead atoms. The molecule has 0 fully saturated rings. The Morgan fingerprint density at radius 3 is 2.64 bits per heavy atom. The highest BCUT2D eigenvalue weighted by Gasteiger charge is 2.11. The number of aryl methyl sites for hydroxylation is 2. The van der Waals surface area contributed by atoms with Crippen LogP contribution in [0.25, 0.3) is 27.8 Å². The normalized spacial score (nSPS) is 11.5. The first-order chi connectivity index (χ1) is 13.6. The van der Waals surface area contributed by atoms with Crippen LogP contribution < -0.4 is 5.76 Å². The van der Waals surface area contributed by atoms with Crippen molar-refractivity contribution in [3.8, 4) is 5.69 Å². The maximum Gasteiger partial charge on any atom is 0.420 e. The molecule has 3 heterocycles. The minimum Gasteiger partial charge on any atom is -0.408 e. The number of rotatable bonds is 3. The summed E-state index contributed by atoms with van der Waals surface area (Å²) < 4.78 is 9.15. The molecule has 3 aromatic heterocycles. The van der Waals surface area contributed by atoms with Crippen LogP contribution in [-0.2, 0) is 6.54 Å². The van der Waals surface area contributed by atoms with Crippen molar-refractivity contribution in [2.24, 2.45) is 0 Å². The fourth-order valence-electron chi connectivity index (χ4n) is 3.63. The van der Waals surface area contributed by atoms with Crippen LogP contribution in [0, 0.1) is 13.8 Å². The maximum atomic E-state index is 12.3. The van der Waals surface area contributed by atoms with E-state index in [0.717, 1.165) is 39.2 Å². The van der Waals surface area contributed by atoms with E-state index in [1.54, 1.807) is 17.0 Å². The molecule has 0 N–H and O–H groups in total. The maximum absolute atomic E-state index is 12.3. The van der Waals surface area contributed by atoms with Crippen LogP contribution in [0.15, 0.2) is 70.1 Å². The van der Waals surface area contributed by atoms with Crippen LogP contribution in [0.4, 0.5) is 0 Å². The predicted octanol–water partition coefficient (Wildman–Crippen LogP) is 3.99. The van der Waals surface area contributed by atoms with Gasteiger partial charge in [0.15, 0.2) is 5.58 Å². The Balaban J connectivity index is 1.52. The summed E-state index contributed by atoms with van der Waals surface area (Å²) in [5, 5.41) is 0. The fraction of sp³-hybridized carbons (Fsp3) is 0.136. The van der Waals surface area contributed by atoms with Crippen LogP contribution in [0.2, 0.25) is 0 Å². The number of oxazole rings is 1. The molecule has 0 aliphatic carbocycles. The van der Waals surface area contributed by atoms with Gasteiger partial charge in [0.2, 0.25) is 0 Å². The van der Waals surface area contributed by atoms with E-state index < -0.39 is 0 Å². The van der Waals surface area contributed by atoms with Gasteiger partial charge in [-0.1, -0.05) is 18.2 Å². The zero-order valence-corrected chi connectivity index (χ0v) is 15.6. The van der Waals surface area contributed by atoms with Crippen molar-refractivity contribution >= 4 is 22.1 Å². The van der Waals surface area contributed by atoms with Crippen LogP contribution >= 0.6 is 0 Å². The van der Waals surface area contributed by atoms with Crippen molar-refractivity contribution in [2.75, 3.05) is 0 Å². The predicted molar refractivity (Wildman–Crippen MR) is 108 cm³/mol. The van der Waals surface area contributed by atoms with Crippen molar-refractivity contribution in [1.82, 2.24) is 19.1 Å². The minimum atomic E-state index is -0.339. The average molecular weight is 370 g/mol. The standard InChI is InChI=1S/C22H18N4O2/c1-14-3-8-20-21(11-14)28-22(27)25(20)13-16-4-6-17(7-5-16)26-15(2)24-18-12-23-10-9-19(18)26/h3-12H,13H2,1-2H3. The number of hydrogen-bond donors (Lipinski definition) is 0. The topological polar surface area (TPSA) is 65.8 Å². The molecular weight excluding hydrogens is 352 g/mol. The molecule has 5 rings (SSSR count). The van der Waals surface area contributed by atoms with E-state index in [-0.39, 0.29) is 5.76 Å². The average Bonchev–Trinajstić information content (AvgIpc) is 3.18. The van der Waals surface area contributed by atoms with Gasteiger partial charge in [0.05, 0.1) is 23.8 Å². The number of fused-ring (bicyclic) bond motifs is 2. The second-order valence-electron chi connectivity index (χ2n) is 6.95. The van der Waals surface area contributed by atoms with Crippen LogP contribution in [0.3, 0.4) is 0 Å². The molecule has 0 saturated heterocycles. The SMILES string of the molecule is Cc1ccc2c(c1)oc(=O)n2Cc1ccc(-n2c(C)nc3cnccc32)cc1. The first-order valence-electron chi connectivity index (χ1n) is 9.08. The first-order valence-corrected chi connectivity index (χ1v) is 9.08. The number of nitrogens with zero attached hydrogens (tertiary/aromatic N) is 4. The molecule has 6 nitrogen and oxygen atoms in total. The summed E-state index contributed by atoms with van der Waals surface area (Å²) in [7, 11) is 0. The van der Waals surface area contributed by atoms with Gasteiger partial charge in [-0.2, -0.15) is 0 Å². The molecule has 0 aliphatic heterocycles. The lowest BCUT2D eigenvalue weighted by Gasteiger charge is -2.09. The van der Waals surface area contributed by atoms with Crippen molar-refractivity contribution < 1.29 is 4.42 Å². The number of imidazole rings is 1. The molecule has 0 spiro atoms. The van der Waals surface area contributed by atoms with Gasteiger partial charge in [-0.05, 0) is 55.3 Å². The molecular formula is C22H18N4O2. The summed E-state index contributed by atoms with van der Waals surface area (Å²) in [6, 6.07) is 15.9. The van der Waals surface area contributed by atoms with E-state index in [4.69, 9.17) is 4.42 Å². The van der Waals surface area contributed by atoms with E-state index in [0.29, 0.717) is 12.1 Å². The molecule has 0 aliphatic rings. The van der Waals surface area contributed by atoms with Crippen molar-refractivity contribution in [3.63, 3.8) is 0 Å². The second kappa shape index (κ2) is 6.20. The summed E-state index contributed by atoms with van der Waals surface area (Å²) >= 11 is 0. The molecule has 2 aromatic carbocycles. The smallest absolute Gasteiger partial charge is 0.408 e. The van der Waals surface area contributed by atoms with Crippen molar-refractivity contribution in [3.05, 3.63) is 88.4 Å². The summed E-state index contributed by atoms with van der Waals surface area (Å²) in [5.41, 5.74) is 6.44. The van der Waals surface area contributed by atoms with E-state index in [2.05, 4.69) is 14.5 Å². The molecule has 0 amide bonds. The number of pyridine rings is 1. The Hall–Kier alpha value is -3.67. The van der Waals surface area contributed by atoms with Gasteiger partial charge < -0.3 is 4.42 Å². The minimum absolute atomic E-state index is 0.339. The largest absolute Gasteiger partial charge is 0.420 e. The Bertz CT molecular complexity index is 1370. The fourth-order valence-corrected chi connectivity index (χ4v) is 3.63. The van der Waals surface area contributed by atoms with Crippen LogP contribution in [-0.4, -0.2) is 19.1 Å². The van der Waals surface area contributed by atoms with Gasteiger partial charge in [-0.25, -0.2) is 9.78 Å². The molecule has 28 heavy (non-hydrogen) atoms.